The molecule has 0 aliphatic rings. The van der Waals surface area contributed by atoms with Gasteiger partial charge in [0.05, 0.1) is 16.1 Å². The molecule has 3 heterocycles. The fourth-order valence-corrected chi connectivity index (χ4v) is 3.72. The number of halogens is 1. The van der Waals surface area contributed by atoms with Gasteiger partial charge in [-0.15, -0.1) is 0 Å². The summed E-state index contributed by atoms with van der Waals surface area (Å²) >= 11 is 7.20. The lowest BCUT2D eigenvalue weighted by atomic mass is 10.2. The van der Waals surface area contributed by atoms with Crippen molar-refractivity contribution in [3.63, 3.8) is 0 Å². The Balaban J connectivity index is 1.77. The van der Waals surface area contributed by atoms with Crippen LogP contribution in [0.4, 0.5) is 17.2 Å². The lowest BCUT2D eigenvalue weighted by molar-refractivity contribution is -0.387. The number of para-hydroxylation sites is 1. The van der Waals surface area contributed by atoms with E-state index in [1.54, 1.807) is 18.3 Å². The third-order valence-corrected chi connectivity index (χ3v) is 5.13. The van der Waals surface area contributed by atoms with E-state index in [4.69, 9.17) is 11.6 Å². The number of hydrogen-bond donors (Lipinski definition) is 1. The summed E-state index contributed by atoms with van der Waals surface area (Å²) in [6.45, 7) is 0. The molecule has 1 N–H and O–H groups in total. The van der Waals surface area contributed by atoms with Crippen LogP contribution in [0.5, 0.6) is 0 Å². The molecule has 3 aromatic heterocycles. The molecule has 0 amide bonds. The first-order valence-electron chi connectivity index (χ1n) is 8.02. The van der Waals surface area contributed by atoms with Crippen molar-refractivity contribution in [2.75, 3.05) is 5.32 Å². The van der Waals surface area contributed by atoms with Crippen LogP contribution < -0.4 is 5.32 Å². The zero-order valence-corrected chi connectivity index (χ0v) is 15.7. The molecule has 0 fully saturated rings. The van der Waals surface area contributed by atoms with Crippen LogP contribution in [0.25, 0.3) is 10.9 Å². The largest absolute Gasteiger partial charge is 0.343 e. The van der Waals surface area contributed by atoms with Crippen molar-refractivity contribution in [2.45, 2.75) is 9.92 Å². The first kappa shape index (κ1) is 18.1. The summed E-state index contributed by atoms with van der Waals surface area (Å²) in [6, 6.07) is 12.7. The summed E-state index contributed by atoms with van der Waals surface area (Å²) in [4.78, 5) is 28.5. The minimum atomic E-state index is -0.520. The topological polar surface area (TPSA) is 107 Å². The Morgan fingerprint density at radius 1 is 1.00 bits per heavy atom. The molecular formula is C18H11ClN6O2S. The molecule has 1 aromatic carbocycles. The van der Waals surface area contributed by atoms with Gasteiger partial charge >= 0.3 is 5.69 Å². The highest BCUT2D eigenvalue weighted by atomic mass is 35.5. The van der Waals surface area contributed by atoms with Crippen LogP contribution in [0, 0.1) is 10.1 Å². The van der Waals surface area contributed by atoms with Gasteiger partial charge in [0.15, 0.2) is 10.2 Å². The normalized spacial score (nSPS) is 10.8. The predicted molar refractivity (Wildman–Crippen MR) is 107 cm³/mol. The number of fused-ring (bicyclic) bond motifs is 1. The molecule has 8 nitrogen and oxygen atoms in total. The highest BCUT2D eigenvalue weighted by molar-refractivity contribution is 7.99. The molecule has 0 saturated heterocycles. The minimum Gasteiger partial charge on any atom is -0.332 e. The number of anilines is 2. The standard InChI is InChI=1S/C18H11ClN6O2S/c19-16-12(6-3-9-21-16)24-17-15(25(26)27)18(23-10-22-17)28-13-7-1-4-11-5-2-8-20-14(11)13/h1-10H,(H,22,23,24). The highest BCUT2D eigenvalue weighted by Gasteiger charge is 2.25. The summed E-state index contributed by atoms with van der Waals surface area (Å²) < 4.78 is 0. The summed E-state index contributed by atoms with van der Waals surface area (Å²) in [6.07, 6.45) is 4.47. The van der Waals surface area contributed by atoms with Crippen LogP contribution in [0.1, 0.15) is 0 Å². The van der Waals surface area contributed by atoms with E-state index in [9.17, 15) is 10.1 Å². The molecule has 138 valence electrons. The molecule has 4 aromatic rings. The van der Waals surface area contributed by atoms with E-state index in [1.807, 2.05) is 30.3 Å². The van der Waals surface area contributed by atoms with Crippen molar-refractivity contribution in [1.82, 2.24) is 19.9 Å². The third kappa shape index (κ3) is 3.57. The number of nitrogens with zero attached hydrogens (tertiary/aromatic N) is 5. The first-order chi connectivity index (χ1) is 13.6. The molecular weight excluding hydrogens is 400 g/mol. The van der Waals surface area contributed by atoms with E-state index in [0.717, 1.165) is 27.6 Å². The lowest BCUT2D eigenvalue weighted by Crippen LogP contribution is -2.03. The van der Waals surface area contributed by atoms with Gasteiger partial charge in [-0.1, -0.05) is 41.6 Å². The zero-order chi connectivity index (χ0) is 19.5. The van der Waals surface area contributed by atoms with Gasteiger partial charge in [-0.25, -0.2) is 15.0 Å². The summed E-state index contributed by atoms with van der Waals surface area (Å²) in [5, 5.41) is 16.0. The van der Waals surface area contributed by atoms with E-state index in [2.05, 4.69) is 25.3 Å². The van der Waals surface area contributed by atoms with E-state index in [-0.39, 0.29) is 21.7 Å². The quantitative estimate of drug-likeness (QED) is 0.215. The lowest BCUT2D eigenvalue weighted by Gasteiger charge is -2.09. The number of nitro groups is 1. The molecule has 0 radical (unpaired) electrons. The molecule has 0 spiro atoms. The molecule has 0 atom stereocenters. The van der Waals surface area contributed by atoms with Crippen molar-refractivity contribution in [2.24, 2.45) is 0 Å². The van der Waals surface area contributed by atoms with Gasteiger partial charge in [0.2, 0.25) is 5.82 Å². The maximum absolute atomic E-state index is 11.8. The number of aromatic nitrogens is 4. The van der Waals surface area contributed by atoms with Crippen LogP contribution in [-0.2, 0) is 0 Å². The second-order valence-electron chi connectivity index (χ2n) is 5.53. The number of hydrogen-bond acceptors (Lipinski definition) is 8. The predicted octanol–water partition coefficient (Wildman–Crippen LogP) is 4.88. The molecule has 4 rings (SSSR count). The van der Waals surface area contributed by atoms with Crippen molar-refractivity contribution in [3.05, 3.63) is 76.5 Å². The fraction of sp³-hybridized carbons (Fsp3) is 0. The average Bonchev–Trinajstić information content (AvgIpc) is 2.70. The third-order valence-electron chi connectivity index (χ3n) is 3.79. The van der Waals surface area contributed by atoms with E-state index in [1.165, 1.54) is 12.5 Å². The smallest absolute Gasteiger partial charge is 0.332 e. The van der Waals surface area contributed by atoms with E-state index in [0.29, 0.717) is 5.69 Å². The summed E-state index contributed by atoms with van der Waals surface area (Å²) in [5.41, 5.74) is 0.904. The van der Waals surface area contributed by atoms with Crippen LogP contribution in [0.3, 0.4) is 0 Å². The maximum Gasteiger partial charge on any atom is 0.343 e. The zero-order valence-electron chi connectivity index (χ0n) is 14.1. The Kier molecular flexibility index (Phi) is 5.00. The number of rotatable bonds is 5. The number of pyridine rings is 2. The second-order valence-corrected chi connectivity index (χ2v) is 6.92. The Hall–Kier alpha value is -3.30. The molecule has 0 aliphatic heterocycles. The van der Waals surface area contributed by atoms with Gasteiger partial charge in [-0.2, -0.15) is 0 Å². The van der Waals surface area contributed by atoms with Crippen LogP contribution in [0.2, 0.25) is 5.15 Å². The van der Waals surface area contributed by atoms with Crippen LogP contribution in [-0.4, -0.2) is 24.9 Å². The molecule has 0 aliphatic carbocycles. The van der Waals surface area contributed by atoms with Crippen molar-refractivity contribution in [1.29, 1.82) is 0 Å². The van der Waals surface area contributed by atoms with Crippen LogP contribution >= 0.6 is 23.4 Å². The fourth-order valence-electron chi connectivity index (χ4n) is 2.56. The van der Waals surface area contributed by atoms with Gasteiger partial charge in [0, 0.05) is 22.7 Å². The average molecular weight is 411 g/mol. The second kappa shape index (κ2) is 7.75. The molecule has 10 heteroatoms. The Bertz CT molecular complexity index is 1180. The first-order valence-corrected chi connectivity index (χ1v) is 9.21. The van der Waals surface area contributed by atoms with Gasteiger partial charge in [0.1, 0.15) is 6.33 Å². The Morgan fingerprint density at radius 3 is 2.61 bits per heavy atom. The van der Waals surface area contributed by atoms with E-state index < -0.39 is 4.92 Å². The Morgan fingerprint density at radius 2 is 1.79 bits per heavy atom. The van der Waals surface area contributed by atoms with Gasteiger partial charge in [-0.3, -0.25) is 15.1 Å². The molecule has 0 bridgehead atoms. The molecule has 0 saturated carbocycles. The molecule has 0 unspecified atom stereocenters. The van der Waals surface area contributed by atoms with Crippen molar-refractivity contribution in [3.8, 4) is 0 Å². The highest BCUT2D eigenvalue weighted by Crippen LogP contribution is 2.39. The van der Waals surface area contributed by atoms with Crippen LogP contribution in [0.15, 0.2) is 71.1 Å². The molecule has 28 heavy (non-hydrogen) atoms. The monoisotopic (exact) mass is 410 g/mol. The summed E-state index contributed by atoms with van der Waals surface area (Å²) in [7, 11) is 0. The van der Waals surface area contributed by atoms with E-state index >= 15 is 0 Å². The maximum atomic E-state index is 11.8. The van der Waals surface area contributed by atoms with Gasteiger partial charge in [-0.05, 0) is 24.3 Å². The van der Waals surface area contributed by atoms with Gasteiger partial charge in [0.25, 0.3) is 0 Å². The Labute approximate surface area is 168 Å². The number of benzene rings is 1. The van der Waals surface area contributed by atoms with Gasteiger partial charge < -0.3 is 5.32 Å². The van der Waals surface area contributed by atoms with Crippen molar-refractivity contribution < 1.29 is 4.92 Å². The minimum absolute atomic E-state index is 0.0330. The number of nitrogens with one attached hydrogen (secondary N) is 1. The summed E-state index contributed by atoms with van der Waals surface area (Å²) in [5.74, 6) is 0.0330. The SMILES string of the molecule is O=[N+]([O-])c1c(Nc2cccnc2Cl)ncnc1Sc1cccc2cccnc12. The van der Waals surface area contributed by atoms with Crippen molar-refractivity contribution >= 4 is 51.5 Å².